The first-order chi connectivity index (χ1) is 8.90. The van der Waals surface area contributed by atoms with Crippen molar-refractivity contribution in [1.82, 2.24) is 4.90 Å². The predicted octanol–water partition coefficient (Wildman–Crippen LogP) is 2.98. The molecule has 0 aliphatic heterocycles. The zero-order valence-electron chi connectivity index (χ0n) is 11.7. The van der Waals surface area contributed by atoms with Crippen molar-refractivity contribution in [3.8, 4) is 0 Å². The van der Waals surface area contributed by atoms with Gasteiger partial charge in [-0.25, -0.2) is 4.39 Å². The molecule has 4 heteroatoms. The Balaban J connectivity index is 2.30. The second kappa shape index (κ2) is 5.19. The Hall–Kier alpha value is -1.58. The number of anilines is 1. The molecule has 1 aromatic rings. The van der Waals surface area contributed by atoms with Crippen molar-refractivity contribution < 1.29 is 9.18 Å². The van der Waals surface area contributed by atoms with E-state index in [1.165, 1.54) is 6.07 Å². The van der Waals surface area contributed by atoms with Crippen LogP contribution in [0.15, 0.2) is 12.1 Å². The maximum absolute atomic E-state index is 14.1. The summed E-state index contributed by atoms with van der Waals surface area (Å²) in [5, 5.41) is 0. The molecule has 1 saturated carbocycles. The van der Waals surface area contributed by atoms with E-state index in [9.17, 15) is 9.18 Å². The second-order valence-electron chi connectivity index (χ2n) is 5.69. The van der Waals surface area contributed by atoms with E-state index in [1.54, 1.807) is 17.9 Å². The lowest BCUT2D eigenvalue weighted by Gasteiger charge is -2.27. The Kier molecular flexibility index (Phi) is 3.78. The number of aryl methyl sites for hydroxylation is 1. The molecular weight excluding hydrogens is 243 g/mol. The van der Waals surface area contributed by atoms with E-state index in [2.05, 4.69) is 0 Å². The van der Waals surface area contributed by atoms with Gasteiger partial charge in [0.25, 0.3) is 5.91 Å². The molecule has 0 unspecified atom stereocenters. The highest BCUT2D eigenvalue weighted by molar-refractivity contribution is 5.95. The van der Waals surface area contributed by atoms with Crippen LogP contribution in [0.2, 0.25) is 0 Å². The summed E-state index contributed by atoms with van der Waals surface area (Å²) in [4.78, 5) is 14.3. The Morgan fingerprint density at radius 1 is 1.47 bits per heavy atom. The van der Waals surface area contributed by atoms with Crippen molar-refractivity contribution in [2.24, 2.45) is 5.92 Å². The molecule has 0 spiro atoms. The third kappa shape index (κ3) is 3.06. The first-order valence-corrected chi connectivity index (χ1v) is 6.76. The number of carbonyl (C=O) groups excluding carboxylic acids is 1. The standard InChI is InChI=1S/C15H21FN2O/c1-9(2)18(8-11-4-5-11)15(19)13-7-12(17)6-10(3)14(13)16/h6-7,9,11H,4-5,8,17H2,1-3H3. The molecule has 1 aromatic carbocycles. The molecule has 2 rings (SSSR count). The molecule has 1 fully saturated rings. The third-order valence-electron chi connectivity index (χ3n) is 3.54. The Morgan fingerprint density at radius 2 is 2.11 bits per heavy atom. The number of nitrogen functional groups attached to an aromatic ring is 1. The van der Waals surface area contributed by atoms with Crippen LogP contribution in [0.1, 0.15) is 42.6 Å². The van der Waals surface area contributed by atoms with Crippen LogP contribution in [0.25, 0.3) is 0 Å². The van der Waals surface area contributed by atoms with Crippen LogP contribution in [0.4, 0.5) is 10.1 Å². The number of halogens is 1. The van der Waals surface area contributed by atoms with E-state index >= 15 is 0 Å². The number of rotatable bonds is 4. The summed E-state index contributed by atoms with van der Waals surface area (Å²) >= 11 is 0. The van der Waals surface area contributed by atoms with E-state index in [0.29, 0.717) is 23.7 Å². The average Bonchev–Trinajstić information content (AvgIpc) is 3.13. The number of amides is 1. The van der Waals surface area contributed by atoms with E-state index in [-0.39, 0.29) is 17.5 Å². The Labute approximate surface area is 113 Å². The number of nitrogens with two attached hydrogens (primary N) is 1. The normalized spacial score (nSPS) is 14.8. The molecule has 0 radical (unpaired) electrons. The third-order valence-corrected chi connectivity index (χ3v) is 3.54. The molecule has 0 bridgehead atoms. The van der Waals surface area contributed by atoms with Crippen LogP contribution in [0, 0.1) is 18.7 Å². The predicted molar refractivity (Wildman–Crippen MR) is 74.4 cm³/mol. The van der Waals surface area contributed by atoms with Gasteiger partial charge >= 0.3 is 0 Å². The number of nitrogens with zero attached hydrogens (tertiary/aromatic N) is 1. The monoisotopic (exact) mass is 264 g/mol. The first-order valence-electron chi connectivity index (χ1n) is 6.76. The maximum atomic E-state index is 14.1. The molecule has 0 atom stereocenters. The van der Waals surface area contributed by atoms with Gasteiger partial charge in [-0.3, -0.25) is 4.79 Å². The minimum Gasteiger partial charge on any atom is -0.399 e. The summed E-state index contributed by atoms with van der Waals surface area (Å²) < 4.78 is 14.1. The Bertz CT molecular complexity index is 495. The molecule has 1 aliphatic carbocycles. The number of hydrogen-bond donors (Lipinski definition) is 1. The van der Waals surface area contributed by atoms with Crippen LogP contribution in [-0.4, -0.2) is 23.4 Å². The van der Waals surface area contributed by atoms with Gasteiger partial charge in [-0.1, -0.05) is 0 Å². The minimum atomic E-state index is -0.458. The first kappa shape index (κ1) is 13.8. The van der Waals surface area contributed by atoms with Gasteiger partial charge in [0.15, 0.2) is 0 Å². The second-order valence-corrected chi connectivity index (χ2v) is 5.69. The van der Waals surface area contributed by atoms with E-state index in [4.69, 9.17) is 5.73 Å². The number of benzene rings is 1. The van der Waals surface area contributed by atoms with Crippen molar-refractivity contribution in [2.75, 3.05) is 12.3 Å². The average molecular weight is 264 g/mol. The fraction of sp³-hybridized carbons (Fsp3) is 0.533. The summed E-state index contributed by atoms with van der Waals surface area (Å²) in [5.41, 5.74) is 6.65. The van der Waals surface area contributed by atoms with Crippen molar-refractivity contribution >= 4 is 11.6 Å². The lowest BCUT2D eigenvalue weighted by molar-refractivity contribution is 0.0691. The van der Waals surface area contributed by atoms with Crippen LogP contribution >= 0.6 is 0 Å². The van der Waals surface area contributed by atoms with E-state index in [1.807, 2.05) is 13.8 Å². The number of carbonyl (C=O) groups is 1. The highest BCUT2D eigenvalue weighted by atomic mass is 19.1. The van der Waals surface area contributed by atoms with E-state index < -0.39 is 5.82 Å². The van der Waals surface area contributed by atoms with Crippen molar-refractivity contribution in [1.29, 1.82) is 0 Å². The molecular formula is C15H21FN2O. The summed E-state index contributed by atoms with van der Waals surface area (Å²) in [7, 11) is 0. The summed E-state index contributed by atoms with van der Waals surface area (Å²) in [5.74, 6) is -0.132. The van der Waals surface area contributed by atoms with Crippen molar-refractivity contribution in [3.63, 3.8) is 0 Å². The van der Waals surface area contributed by atoms with Crippen molar-refractivity contribution in [3.05, 3.63) is 29.1 Å². The fourth-order valence-corrected chi connectivity index (χ4v) is 2.21. The molecule has 1 aliphatic rings. The summed E-state index contributed by atoms with van der Waals surface area (Å²) in [6.45, 7) is 6.25. The topological polar surface area (TPSA) is 46.3 Å². The van der Waals surface area contributed by atoms with Gasteiger partial charge in [0.1, 0.15) is 5.82 Å². The maximum Gasteiger partial charge on any atom is 0.257 e. The van der Waals surface area contributed by atoms with Crippen LogP contribution in [0.5, 0.6) is 0 Å². The molecule has 3 nitrogen and oxygen atoms in total. The molecule has 2 N–H and O–H groups in total. The summed E-state index contributed by atoms with van der Waals surface area (Å²) in [6, 6.07) is 3.05. The van der Waals surface area contributed by atoms with Gasteiger partial charge in [0.2, 0.25) is 0 Å². The highest BCUT2D eigenvalue weighted by Crippen LogP contribution is 2.31. The largest absolute Gasteiger partial charge is 0.399 e. The smallest absolute Gasteiger partial charge is 0.257 e. The quantitative estimate of drug-likeness (QED) is 0.850. The Morgan fingerprint density at radius 3 is 2.63 bits per heavy atom. The van der Waals surface area contributed by atoms with Gasteiger partial charge in [-0.2, -0.15) is 0 Å². The fourth-order valence-electron chi connectivity index (χ4n) is 2.21. The van der Waals surface area contributed by atoms with Gasteiger partial charge in [0, 0.05) is 18.3 Å². The number of hydrogen-bond acceptors (Lipinski definition) is 2. The van der Waals surface area contributed by atoms with E-state index in [0.717, 1.165) is 12.8 Å². The lowest BCUT2D eigenvalue weighted by Crippen LogP contribution is -2.39. The van der Waals surface area contributed by atoms with Gasteiger partial charge in [0.05, 0.1) is 5.56 Å². The summed E-state index contributed by atoms with van der Waals surface area (Å²) in [6.07, 6.45) is 2.32. The van der Waals surface area contributed by atoms with Gasteiger partial charge in [-0.15, -0.1) is 0 Å². The van der Waals surface area contributed by atoms with Crippen LogP contribution in [-0.2, 0) is 0 Å². The zero-order valence-corrected chi connectivity index (χ0v) is 11.7. The SMILES string of the molecule is Cc1cc(N)cc(C(=O)N(CC2CC2)C(C)C)c1F. The highest BCUT2D eigenvalue weighted by Gasteiger charge is 2.30. The molecule has 0 saturated heterocycles. The molecule has 1 amide bonds. The van der Waals surface area contributed by atoms with Gasteiger partial charge in [-0.05, 0) is 57.2 Å². The molecule has 104 valence electrons. The minimum absolute atomic E-state index is 0.0641. The molecule has 19 heavy (non-hydrogen) atoms. The van der Waals surface area contributed by atoms with Crippen molar-refractivity contribution in [2.45, 2.75) is 39.7 Å². The lowest BCUT2D eigenvalue weighted by atomic mass is 10.1. The molecule has 0 heterocycles. The van der Waals surface area contributed by atoms with Crippen LogP contribution < -0.4 is 5.73 Å². The molecule has 0 aromatic heterocycles. The van der Waals surface area contributed by atoms with Gasteiger partial charge < -0.3 is 10.6 Å². The zero-order chi connectivity index (χ0) is 14.2. The van der Waals surface area contributed by atoms with Crippen LogP contribution in [0.3, 0.4) is 0 Å².